The molecule has 5 heteroatoms. The summed E-state index contributed by atoms with van der Waals surface area (Å²) in [6.07, 6.45) is 4.43. The molecule has 0 bridgehead atoms. The summed E-state index contributed by atoms with van der Waals surface area (Å²) in [6.45, 7) is 2.92. The van der Waals surface area contributed by atoms with Crippen molar-refractivity contribution in [3.05, 3.63) is 35.1 Å². The lowest BCUT2D eigenvalue weighted by Gasteiger charge is -1.94. The van der Waals surface area contributed by atoms with Gasteiger partial charge in [-0.25, -0.2) is 0 Å². The molecule has 0 saturated carbocycles. The minimum absolute atomic E-state index is 0.802. The third-order valence-electron chi connectivity index (χ3n) is 1.87. The highest BCUT2D eigenvalue weighted by atomic mass is 32.1. The van der Waals surface area contributed by atoms with E-state index in [2.05, 4.69) is 20.5 Å². The molecule has 0 aliphatic carbocycles. The Morgan fingerprint density at radius 2 is 2.33 bits per heavy atom. The van der Waals surface area contributed by atoms with E-state index in [0.29, 0.717) is 0 Å². The predicted octanol–water partition coefficient (Wildman–Crippen LogP) is 1.96. The highest BCUT2D eigenvalue weighted by molar-refractivity contribution is 7.15. The highest BCUT2D eigenvalue weighted by Crippen LogP contribution is 2.17. The van der Waals surface area contributed by atoms with Crippen LogP contribution in [0.5, 0.6) is 0 Å². The average Bonchev–Trinajstić information content (AvgIpc) is 2.68. The van der Waals surface area contributed by atoms with Crippen molar-refractivity contribution in [1.82, 2.24) is 15.2 Å². The first kappa shape index (κ1) is 10.0. The average molecular weight is 220 g/mol. The van der Waals surface area contributed by atoms with E-state index in [-0.39, 0.29) is 0 Å². The van der Waals surface area contributed by atoms with Crippen LogP contribution in [0.4, 0.5) is 5.13 Å². The summed E-state index contributed by atoms with van der Waals surface area (Å²) in [5, 5.41) is 13.2. The first-order chi connectivity index (χ1) is 7.38. The van der Waals surface area contributed by atoms with Gasteiger partial charge in [0.2, 0.25) is 5.13 Å². The van der Waals surface area contributed by atoms with Gasteiger partial charge in [0.05, 0.1) is 0 Å². The van der Waals surface area contributed by atoms with E-state index >= 15 is 0 Å². The van der Waals surface area contributed by atoms with E-state index in [4.69, 9.17) is 0 Å². The van der Waals surface area contributed by atoms with Crippen molar-refractivity contribution in [1.29, 1.82) is 0 Å². The van der Waals surface area contributed by atoms with Crippen molar-refractivity contribution in [2.45, 2.75) is 13.3 Å². The zero-order valence-electron chi connectivity index (χ0n) is 8.47. The van der Waals surface area contributed by atoms with Crippen LogP contribution < -0.4 is 5.32 Å². The molecule has 2 rings (SSSR count). The summed E-state index contributed by atoms with van der Waals surface area (Å²) < 4.78 is 0. The second-order valence-electron chi connectivity index (χ2n) is 3.07. The standard InChI is InChI=1S/C10H12N4S/c1-2-12-10-14-13-9(15-10)6-8-4-3-5-11-7-8/h3-5,7H,2,6H2,1H3,(H,12,14). The maximum absolute atomic E-state index is 4.11. The van der Waals surface area contributed by atoms with Crippen molar-refractivity contribution in [3.63, 3.8) is 0 Å². The van der Waals surface area contributed by atoms with Crippen molar-refractivity contribution in [2.24, 2.45) is 0 Å². The zero-order chi connectivity index (χ0) is 10.5. The molecule has 0 saturated heterocycles. The number of hydrogen-bond acceptors (Lipinski definition) is 5. The Labute approximate surface area is 92.4 Å². The van der Waals surface area contributed by atoms with Crippen LogP contribution in [0.25, 0.3) is 0 Å². The van der Waals surface area contributed by atoms with Crippen molar-refractivity contribution in [2.75, 3.05) is 11.9 Å². The second-order valence-corrected chi connectivity index (χ2v) is 4.13. The lowest BCUT2D eigenvalue weighted by molar-refractivity contribution is 0.992. The number of rotatable bonds is 4. The topological polar surface area (TPSA) is 50.7 Å². The Kier molecular flexibility index (Phi) is 3.24. The molecule has 78 valence electrons. The van der Waals surface area contributed by atoms with Gasteiger partial charge in [0.25, 0.3) is 0 Å². The largest absolute Gasteiger partial charge is 0.360 e. The van der Waals surface area contributed by atoms with Gasteiger partial charge in [-0.2, -0.15) is 0 Å². The fourth-order valence-electron chi connectivity index (χ4n) is 1.23. The van der Waals surface area contributed by atoms with Gasteiger partial charge >= 0.3 is 0 Å². The Morgan fingerprint density at radius 1 is 1.40 bits per heavy atom. The van der Waals surface area contributed by atoms with Gasteiger partial charge in [0, 0.05) is 25.4 Å². The smallest absolute Gasteiger partial charge is 0.205 e. The minimum atomic E-state index is 0.802. The lowest BCUT2D eigenvalue weighted by Crippen LogP contribution is -1.94. The molecule has 4 nitrogen and oxygen atoms in total. The summed E-state index contributed by atoms with van der Waals surface area (Å²) in [5.41, 5.74) is 1.16. The summed E-state index contributed by atoms with van der Waals surface area (Å²) in [5.74, 6) is 0. The van der Waals surface area contributed by atoms with E-state index in [9.17, 15) is 0 Å². The van der Waals surface area contributed by atoms with Gasteiger partial charge in [-0.05, 0) is 18.6 Å². The number of hydrogen-bond donors (Lipinski definition) is 1. The van der Waals surface area contributed by atoms with Crippen LogP contribution in [0.1, 0.15) is 17.5 Å². The second kappa shape index (κ2) is 4.84. The molecule has 0 radical (unpaired) electrons. The van der Waals surface area contributed by atoms with Gasteiger partial charge in [-0.15, -0.1) is 10.2 Å². The van der Waals surface area contributed by atoms with E-state index < -0.39 is 0 Å². The fraction of sp³-hybridized carbons (Fsp3) is 0.300. The molecule has 0 fully saturated rings. The minimum Gasteiger partial charge on any atom is -0.360 e. The highest BCUT2D eigenvalue weighted by Gasteiger charge is 2.03. The predicted molar refractivity (Wildman–Crippen MR) is 61.1 cm³/mol. The van der Waals surface area contributed by atoms with Crippen LogP contribution in [0.2, 0.25) is 0 Å². The molecule has 0 unspecified atom stereocenters. The van der Waals surface area contributed by atoms with Crippen LogP contribution in [-0.4, -0.2) is 21.7 Å². The molecular weight excluding hydrogens is 208 g/mol. The molecule has 2 aromatic heterocycles. The van der Waals surface area contributed by atoms with Crippen molar-refractivity contribution >= 4 is 16.5 Å². The van der Waals surface area contributed by atoms with Crippen molar-refractivity contribution in [3.8, 4) is 0 Å². The fourth-order valence-corrected chi connectivity index (χ4v) is 2.07. The van der Waals surface area contributed by atoms with Crippen LogP contribution in [-0.2, 0) is 6.42 Å². The number of pyridine rings is 1. The number of anilines is 1. The van der Waals surface area contributed by atoms with Gasteiger partial charge in [-0.3, -0.25) is 4.98 Å². The number of nitrogens with one attached hydrogen (secondary N) is 1. The number of nitrogens with zero attached hydrogens (tertiary/aromatic N) is 3. The Balaban J connectivity index is 2.05. The van der Waals surface area contributed by atoms with Crippen LogP contribution in [0.15, 0.2) is 24.5 Å². The molecule has 0 atom stereocenters. The summed E-state index contributed by atoms with van der Waals surface area (Å²) >= 11 is 1.59. The van der Waals surface area contributed by atoms with Gasteiger partial charge in [0.1, 0.15) is 5.01 Å². The van der Waals surface area contributed by atoms with E-state index in [1.54, 1.807) is 17.5 Å². The van der Waals surface area contributed by atoms with Crippen LogP contribution in [0, 0.1) is 0 Å². The van der Waals surface area contributed by atoms with Crippen LogP contribution >= 0.6 is 11.3 Å². The van der Waals surface area contributed by atoms with E-state index in [1.807, 2.05) is 25.3 Å². The van der Waals surface area contributed by atoms with Gasteiger partial charge in [0.15, 0.2) is 0 Å². The Hall–Kier alpha value is -1.49. The summed E-state index contributed by atoms with van der Waals surface area (Å²) in [4.78, 5) is 4.06. The third-order valence-corrected chi connectivity index (χ3v) is 2.75. The maximum Gasteiger partial charge on any atom is 0.205 e. The molecule has 0 amide bonds. The summed E-state index contributed by atoms with van der Waals surface area (Å²) in [7, 11) is 0. The SMILES string of the molecule is CCNc1nnc(Cc2cccnc2)s1. The number of aromatic nitrogens is 3. The monoisotopic (exact) mass is 220 g/mol. The molecule has 2 aromatic rings. The van der Waals surface area contributed by atoms with Gasteiger partial charge < -0.3 is 5.32 Å². The molecule has 0 spiro atoms. The maximum atomic E-state index is 4.11. The normalized spacial score (nSPS) is 10.2. The van der Waals surface area contributed by atoms with Crippen molar-refractivity contribution < 1.29 is 0 Å². The molecule has 1 N–H and O–H groups in total. The van der Waals surface area contributed by atoms with E-state index in [0.717, 1.165) is 28.7 Å². The van der Waals surface area contributed by atoms with Gasteiger partial charge in [-0.1, -0.05) is 17.4 Å². The summed E-state index contributed by atoms with van der Waals surface area (Å²) in [6, 6.07) is 3.98. The molecule has 0 aromatic carbocycles. The first-order valence-corrected chi connectivity index (χ1v) is 5.65. The first-order valence-electron chi connectivity index (χ1n) is 4.83. The lowest BCUT2D eigenvalue weighted by atomic mass is 10.2. The molecule has 2 heterocycles. The quantitative estimate of drug-likeness (QED) is 0.855. The third kappa shape index (κ3) is 2.73. The van der Waals surface area contributed by atoms with Crippen LogP contribution in [0.3, 0.4) is 0 Å². The molecule has 15 heavy (non-hydrogen) atoms. The zero-order valence-corrected chi connectivity index (χ0v) is 9.29. The Bertz CT molecular complexity index is 412. The Morgan fingerprint density at radius 3 is 3.07 bits per heavy atom. The molecular formula is C10H12N4S. The molecule has 0 aliphatic rings. The molecule has 0 aliphatic heterocycles. The van der Waals surface area contributed by atoms with E-state index in [1.165, 1.54) is 0 Å².